The maximum atomic E-state index is 10.9. The largest absolute Gasteiger partial charge is 0.469 e. The first-order valence-electron chi connectivity index (χ1n) is 11.0. The maximum Gasteiger partial charge on any atom is 0.191 e. The third-order valence-corrected chi connectivity index (χ3v) is 5.28. The highest BCUT2D eigenvalue weighted by atomic mass is 16.3. The lowest BCUT2D eigenvalue weighted by molar-refractivity contribution is 0.0672. The molecule has 32 heavy (non-hydrogen) atoms. The Labute approximate surface area is 190 Å². The van der Waals surface area contributed by atoms with Gasteiger partial charge in [-0.25, -0.2) is 4.99 Å². The van der Waals surface area contributed by atoms with E-state index < -0.39 is 5.60 Å². The Morgan fingerprint density at radius 2 is 1.97 bits per heavy atom. The van der Waals surface area contributed by atoms with Crippen LogP contribution < -0.4 is 15.5 Å². The summed E-state index contributed by atoms with van der Waals surface area (Å²) in [7, 11) is 3.93. The number of aryl methyl sites for hydroxylation is 1. The van der Waals surface area contributed by atoms with Gasteiger partial charge in [-0.3, -0.25) is 4.68 Å². The van der Waals surface area contributed by atoms with Gasteiger partial charge in [0.1, 0.15) is 11.4 Å². The lowest BCUT2D eigenvalue weighted by Crippen LogP contribution is -2.41. The standard InChI is InChI=1S/C24H34N6O2/c1-24(31,20-17-28-30(3)18-20)19-27-23(26-14-12-22-11-7-16-32-22)25-13-8-15-29(2)21-9-5-4-6-10-21/h4-7,9-11,16-18,31H,8,12-15,19H2,1-3H3,(H2,25,26,27). The summed E-state index contributed by atoms with van der Waals surface area (Å²) in [5.41, 5.74) is 0.839. The van der Waals surface area contributed by atoms with Crippen LogP contribution in [-0.4, -0.2) is 54.1 Å². The molecule has 1 unspecified atom stereocenters. The van der Waals surface area contributed by atoms with Crippen molar-refractivity contribution in [2.75, 3.05) is 38.1 Å². The van der Waals surface area contributed by atoms with Crippen LogP contribution in [0.4, 0.5) is 5.69 Å². The van der Waals surface area contributed by atoms with E-state index in [4.69, 9.17) is 4.42 Å². The number of anilines is 1. The summed E-state index contributed by atoms with van der Waals surface area (Å²) in [5, 5.41) is 21.7. The topological polar surface area (TPSA) is 90.9 Å². The number of aliphatic imine (C=N–C) groups is 1. The van der Waals surface area contributed by atoms with E-state index in [1.54, 1.807) is 24.1 Å². The van der Waals surface area contributed by atoms with Crippen LogP contribution in [0.5, 0.6) is 0 Å². The summed E-state index contributed by atoms with van der Waals surface area (Å²) < 4.78 is 7.08. The van der Waals surface area contributed by atoms with Crippen molar-refractivity contribution in [3.63, 3.8) is 0 Å². The molecule has 3 N–H and O–H groups in total. The zero-order valence-electron chi connectivity index (χ0n) is 19.2. The van der Waals surface area contributed by atoms with Crippen LogP contribution in [0, 0.1) is 0 Å². The van der Waals surface area contributed by atoms with Gasteiger partial charge in [0.05, 0.1) is 19.0 Å². The molecule has 0 bridgehead atoms. The van der Waals surface area contributed by atoms with Gasteiger partial charge in [0.15, 0.2) is 5.96 Å². The second-order valence-electron chi connectivity index (χ2n) is 8.13. The molecule has 8 heteroatoms. The molecule has 0 spiro atoms. The van der Waals surface area contributed by atoms with E-state index in [1.807, 2.05) is 43.6 Å². The van der Waals surface area contributed by atoms with Crippen molar-refractivity contribution in [1.82, 2.24) is 20.4 Å². The van der Waals surface area contributed by atoms with Crippen molar-refractivity contribution in [3.8, 4) is 0 Å². The van der Waals surface area contributed by atoms with E-state index in [2.05, 4.69) is 44.8 Å². The average molecular weight is 439 g/mol. The van der Waals surface area contributed by atoms with Gasteiger partial charge < -0.3 is 25.1 Å². The first-order chi connectivity index (χ1) is 15.4. The number of nitrogens with one attached hydrogen (secondary N) is 2. The molecule has 8 nitrogen and oxygen atoms in total. The van der Waals surface area contributed by atoms with Crippen molar-refractivity contribution in [3.05, 3.63) is 72.4 Å². The molecule has 0 amide bonds. The third-order valence-electron chi connectivity index (χ3n) is 5.28. The fourth-order valence-electron chi connectivity index (χ4n) is 3.29. The molecule has 0 saturated heterocycles. The fourth-order valence-corrected chi connectivity index (χ4v) is 3.29. The maximum absolute atomic E-state index is 10.9. The Morgan fingerprint density at radius 1 is 1.19 bits per heavy atom. The van der Waals surface area contributed by atoms with E-state index in [0.717, 1.165) is 37.3 Å². The normalized spacial score (nSPS) is 13.6. The van der Waals surface area contributed by atoms with Gasteiger partial charge in [-0.15, -0.1) is 0 Å². The highest BCUT2D eigenvalue weighted by molar-refractivity contribution is 5.79. The van der Waals surface area contributed by atoms with Gasteiger partial charge in [0.25, 0.3) is 0 Å². The zero-order chi connectivity index (χ0) is 22.8. The van der Waals surface area contributed by atoms with Gasteiger partial charge in [0, 0.05) is 57.6 Å². The third kappa shape index (κ3) is 7.16. The van der Waals surface area contributed by atoms with Crippen LogP contribution in [0.1, 0.15) is 24.7 Å². The van der Waals surface area contributed by atoms with Crippen molar-refractivity contribution < 1.29 is 9.52 Å². The first-order valence-corrected chi connectivity index (χ1v) is 11.0. The number of hydrogen-bond donors (Lipinski definition) is 3. The molecule has 1 aromatic carbocycles. The molecule has 2 heterocycles. The van der Waals surface area contributed by atoms with Gasteiger partial charge >= 0.3 is 0 Å². The van der Waals surface area contributed by atoms with Crippen molar-refractivity contribution >= 4 is 11.6 Å². The Hall–Kier alpha value is -3.26. The summed E-state index contributed by atoms with van der Waals surface area (Å²) in [6.45, 7) is 4.34. The molecule has 3 aromatic rings. The molecule has 172 valence electrons. The lowest BCUT2D eigenvalue weighted by atomic mass is 10.0. The fraction of sp³-hybridized carbons (Fsp3) is 0.417. The number of aromatic nitrogens is 2. The second-order valence-corrected chi connectivity index (χ2v) is 8.13. The van der Waals surface area contributed by atoms with Crippen LogP contribution >= 0.6 is 0 Å². The van der Waals surface area contributed by atoms with Gasteiger partial charge in [-0.2, -0.15) is 5.10 Å². The van der Waals surface area contributed by atoms with Gasteiger partial charge in [-0.1, -0.05) is 18.2 Å². The Bertz CT molecular complexity index is 950. The number of furan rings is 1. The Morgan fingerprint density at radius 3 is 2.66 bits per heavy atom. The van der Waals surface area contributed by atoms with Crippen LogP contribution in [-0.2, 0) is 19.1 Å². The molecule has 0 aliphatic rings. The second kappa shape index (κ2) is 11.4. The summed E-state index contributed by atoms with van der Waals surface area (Å²) in [6, 6.07) is 14.2. The van der Waals surface area contributed by atoms with E-state index in [-0.39, 0.29) is 6.54 Å². The molecular formula is C24H34N6O2. The molecule has 0 radical (unpaired) electrons. The number of hydrogen-bond acceptors (Lipinski definition) is 5. The van der Waals surface area contributed by atoms with Crippen molar-refractivity contribution in [2.24, 2.45) is 12.0 Å². The van der Waals surface area contributed by atoms with E-state index in [9.17, 15) is 5.11 Å². The number of rotatable bonds is 11. The zero-order valence-corrected chi connectivity index (χ0v) is 19.2. The number of nitrogens with zero attached hydrogens (tertiary/aromatic N) is 4. The van der Waals surface area contributed by atoms with Crippen LogP contribution in [0.15, 0.2) is 70.5 Å². The van der Waals surface area contributed by atoms with E-state index in [0.29, 0.717) is 12.5 Å². The monoisotopic (exact) mass is 438 g/mol. The van der Waals surface area contributed by atoms with Crippen molar-refractivity contribution in [2.45, 2.75) is 25.4 Å². The summed E-state index contributed by atoms with van der Waals surface area (Å²) in [4.78, 5) is 6.87. The lowest BCUT2D eigenvalue weighted by Gasteiger charge is -2.21. The quantitative estimate of drug-likeness (QED) is 0.242. The molecular weight excluding hydrogens is 404 g/mol. The van der Waals surface area contributed by atoms with Gasteiger partial charge in [0.2, 0.25) is 0 Å². The molecule has 0 saturated carbocycles. The molecule has 0 aliphatic heterocycles. The predicted octanol–water partition coefficient (Wildman–Crippen LogP) is 2.53. The number of aliphatic hydroxyl groups is 1. The Kier molecular flexibility index (Phi) is 8.33. The first kappa shape index (κ1) is 23.4. The van der Waals surface area contributed by atoms with E-state index in [1.165, 1.54) is 5.69 Å². The smallest absolute Gasteiger partial charge is 0.191 e. The molecule has 2 aromatic heterocycles. The number of para-hydroxylation sites is 1. The van der Waals surface area contributed by atoms with Crippen LogP contribution in [0.25, 0.3) is 0 Å². The Balaban J connectivity index is 1.53. The molecule has 3 rings (SSSR count). The van der Waals surface area contributed by atoms with E-state index >= 15 is 0 Å². The minimum Gasteiger partial charge on any atom is -0.469 e. The highest BCUT2D eigenvalue weighted by Gasteiger charge is 2.24. The van der Waals surface area contributed by atoms with Crippen LogP contribution in [0.3, 0.4) is 0 Å². The average Bonchev–Trinajstić information content (AvgIpc) is 3.47. The molecule has 0 fully saturated rings. The predicted molar refractivity (Wildman–Crippen MR) is 128 cm³/mol. The molecule has 1 atom stereocenters. The number of benzene rings is 1. The minimum absolute atomic E-state index is 0.221. The molecule has 0 aliphatic carbocycles. The SMILES string of the molecule is CN(CCCNC(=NCC(C)(O)c1cnn(C)c1)NCCc1ccco1)c1ccccc1. The van der Waals surface area contributed by atoms with Crippen LogP contribution in [0.2, 0.25) is 0 Å². The summed E-state index contributed by atoms with van der Waals surface area (Å²) >= 11 is 0. The summed E-state index contributed by atoms with van der Waals surface area (Å²) in [5.74, 6) is 1.59. The highest BCUT2D eigenvalue weighted by Crippen LogP contribution is 2.19. The summed E-state index contributed by atoms with van der Waals surface area (Å²) in [6.07, 6.45) is 6.86. The van der Waals surface area contributed by atoms with Gasteiger partial charge in [-0.05, 0) is 37.6 Å². The number of guanidine groups is 1. The minimum atomic E-state index is -1.10. The van der Waals surface area contributed by atoms with Crippen molar-refractivity contribution in [1.29, 1.82) is 0 Å².